The minimum Gasteiger partial charge on any atom is -0.471 e. The van der Waals surface area contributed by atoms with E-state index in [-0.39, 0.29) is 18.3 Å². The Bertz CT molecular complexity index is 1270. The van der Waals surface area contributed by atoms with Gasteiger partial charge in [0, 0.05) is 17.4 Å². The molecule has 0 saturated carbocycles. The molecular formula is C23H21BrClN5O2. The first-order chi connectivity index (χ1) is 15.4. The van der Waals surface area contributed by atoms with Crippen LogP contribution in [0.4, 0.5) is 5.82 Å². The number of nitrogens with zero attached hydrogens (tertiary/aromatic N) is 4. The van der Waals surface area contributed by atoms with Crippen LogP contribution in [0.2, 0.25) is 5.02 Å². The van der Waals surface area contributed by atoms with E-state index in [0.717, 1.165) is 16.9 Å². The summed E-state index contributed by atoms with van der Waals surface area (Å²) in [6.45, 7) is 4.71. The second-order valence-electron chi connectivity index (χ2n) is 7.35. The normalized spacial score (nSPS) is 10.9. The number of halogens is 2. The Morgan fingerprint density at radius 2 is 1.94 bits per heavy atom. The quantitative estimate of drug-likeness (QED) is 0.356. The van der Waals surface area contributed by atoms with Crippen LogP contribution in [0.1, 0.15) is 27.2 Å². The van der Waals surface area contributed by atoms with Crippen LogP contribution >= 0.6 is 27.5 Å². The highest BCUT2D eigenvalue weighted by atomic mass is 79.9. The zero-order valence-electron chi connectivity index (χ0n) is 17.5. The van der Waals surface area contributed by atoms with Gasteiger partial charge in [0.2, 0.25) is 0 Å². The lowest BCUT2D eigenvalue weighted by Gasteiger charge is -2.09. The summed E-state index contributed by atoms with van der Waals surface area (Å²) in [6, 6.07) is 15.2. The number of aromatic nitrogens is 4. The highest BCUT2D eigenvalue weighted by molar-refractivity contribution is 9.10. The predicted octanol–water partition coefficient (Wildman–Crippen LogP) is 5.45. The van der Waals surface area contributed by atoms with E-state index in [0.29, 0.717) is 21.9 Å². The Morgan fingerprint density at radius 1 is 1.12 bits per heavy atom. The number of carbonyl (C=O) groups excluding carboxylic acids is 1. The van der Waals surface area contributed by atoms with Crippen molar-refractivity contribution in [3.8, 4) is 5.75 Å². The number of hydrogen-bond donors (Lipinski definition) is 1. The van der Waals surface area contributed by atoms with Crippen molar-refractivity contribution in [2.24, 2.45) is 0 Å². The highest BCUT2D eigenvalue weighted by Crippen LogP contribution is 2.23. The van der Waals surface area contributed by atoms with Crippen molar-refractivity contribution >= 4 is 39.3 Å². The summed E-state index contributed by atoms with van der Waals surface area (Å²) in [6.07, 6.45) is 3.48. The van der Waals surface area contributed by atoms with Gasteiger partial charge in [-0.3, -0.25) is 9.48 Å². The number of ether oxygens (including phenoxy) is 1. The monoisotopic (exact) mass is 513 g/mol. The molecule has 7 nitrogen and oxygen atoms in total. The third kappa shape index (κ3) is 5.20. The molecule has 164 valence electrons. The molecule has 1 N–H and O–H groups in total. The van der Waals surface area contributed by atoms with E-state index < -0.39 is 0 Å². The number of aryl methyl sites for hydroxylation is 2. The van der Waals surface area contributed by atoms with Crippen LogP contribution in [0, 0.1) is 13.8 Å². The summed E-state index contributed by atoms with van der Waals surface area (Å²) in [5.74, 6) is 0.826. The molecule has 0 aliphatic rings. The second-order valence-corrected chi connectivity index (χ2v) is 8.61. The maximum absolute atomic E-state index is 12.6. The maximum Gasteiger partial charge on any atom is 0.277 e. The zero-order chi connectivity index (χ0) is 22.7. The van der Waals surface area contributed by atoms with Gasteiger partial charge in [0.05, 0.1) is 11.0 Å². The fourth-order valence-electron chi connectivity index (χ4n) is 3.19. The van der Waals surface area contributed by atoms with Crippen molar-refractivity contribution in [3.63, 3.8) is 0 Å². The Morgan fingerprint density at radius 3 is 2.72 bits per heavy atom. The molecule has 0 aliphatic carbocycles. The molecule has 4 rings (SSSR count). The van der Waals surface area contributed by atoms with Crippen LogP contribution in [0.15, 0.2) is 65.4 Å². The standard InChI is InChI=1S/C23H21BrClN5O2/c1-15-7-8-21(16(2)11-15)32-14-29-10-9-20(27-29)23(31)26-22-18(24)13-30(28-22)12-17-5-3-4-6-19(17)25/h3-11,13H,12,14H2,1-2H3,(H,26,28,31). The van der Waals surface area contributed by atoms with E-state index in [1.165, 1.54) is 5.56 Å². The van der Waals surface area contributed by atoms with Gasteiger partial charge < -0.3 is 10.1 Å². The van der Waals surface area contributed by atoms with Gasteiger partial charge in [-0.15, -0.1) is 0 Å². The molecule has 0 saturated heterocycles. The Kier molecular flexibility index (Phi) is 6.62. The number of anilines is 1. The van der Waals surface area contributed by atoms with Crippen molar-refractivity contribution in [1.29, 1.82) is 0 Å². The number of carbonyl (C=O) groups is 1. The molecule has 1 amide bonds. The summed E-state index contributed by atoms with van der Waals surface area (Å²) in [7, 11) is 0. The van der Waals surface area contributed by atoms with Gasteiger partial charge in [0.15, 0.2) is 18.2 Å². The van der Waals surface area contributed by atoms with E-state index in [4.69, 9.17) is 16.3 Å². The lowest BCUT2D eigenvalue weighted by molar-refractivity contribution is 0.101. The number of hydrogen-bond acceptors (Lipinski definition) is 4. The van der Waals surface area contributed by atoms with Crippen LogP contribution in [-0.2, 0) is 13.3 Å². The van der Waals surface area contributed by atoms with Crippen LogP contribution in [0.25, 0.3) is 0 Å². The molecule has 0 aliphatic heterocycles. The van der Waals surface area contributed by atoms with Gasteiger partial charge in [-0.1, -0.05) is 47.5 Å². The Hall–Kier alpha value is -3.10. The first-order valence-electron chi connectivity index (χ1n) is 9.90. The largest absolute Gasteiger partial charge is 0.471 e. The maximum atomic E-state index is 12.6. The molecule has 2 aromatic heterocycles. The smallest absolute Gasteiger partial charge is 0.277 e. The fourth-order valence-corrected chi connectivity index (χ4v) is 3.80. The summed E-state index contributed by atoms with van der Waals surface area (Å²) in [5, 5.41) is 12.2. The third-order valence-corrected chi connectivity index (χ3v) is 5.74. The van der Waals surface area contributed by atoms with Crippen LogP contribution in [0.3, 0.4) is 0 Å². The van der Waals surface area contributed by atoms with Gasteiger partial charge in [-0.2, -0.15) is 10.2 Å². The summed E-state index contributed by atoms with van der Waals surface area (Å²) in [5.41, 5.74) is 3.42. The van der Waals surface area contributed by atoms with E-state index >= 15 is 0 Å². The summed E-state index contributed by atoms with van der Waals surface area (Å²) >= 11 is 9.67. The van der Waals surface area contributed by atoms with Crippen molar-refractivity contribution < 1.29 is 9.53 Å². The average molecular weight is 515 g/mol. The summed E-state index contributed by atoms with van der Waals surface area (Å²) < 4.78 is 9.75. The first-order valence-corrected chi connectivity index (χ1v) is 11.1. The molecule has 0 fully saturated rings. The Balaban J connectivity index is 1.39. The molecule has 9 heteroatoms. The zero-order valence-corrected chi connectivity index (χ0v) is 19.9. The van der Waals surface area contributed by atoms with E-state index in [1.807, 2.05) is 50.2 Å². The van der Waals surface area contributed by atoms with Crippen LogP contribution in [-0.4, -0.2) is 25.5 Å². The molecule has 4 aromatic rings. The molecule has 0 atom stereocenters. The van der Waals surface area contributed by atoms with Gasteiger partial charge in [0.1, 0.15) is 5.75 Å². The molecule has 0 unspecified atom stereocenters. The first kappa shape index (κ1) is 22.1. The molecule has 0 radical (unpaired) electrons. The third-order valence-electron chi connectivity index (χ3n) is 4.80. The molecular weight excluding hydrogens is 494 g/mol. The average Bonchev–Trinajstić information content (AvgIpc) is 3.36. The highest BCUT2D eigenvalue weighted by Gasteiger charge is 2.15. The van der Waals surface area contributed by atoms with Crippen molar-refractivity contribution in [2.45, 2.75) is 27.1 Å². The van der Waals surface area contributed by atoms with Gasteiger partial charge >= 0.3 is 0 Å². The number of amides is 1. The molecule has 0 spiro atoms. The fraction of sp³-hybridized carbons (Fsp3) is 0.174. The van der Waals surface area contributed by atoms with Crippen LogP contribution < -0.4 is 10.1 Å². The number of rotatable bonds is 7. The predicted molar refractivity (Wildman–Crippen MR) is 127 cm³/mol. The molecule has 2 aromatic carbocycles. The van der Waals surface area contributed by atoms with E-state index in [1.54, 1.807) is 27.8 Å². The van der Waals surface area contributed by atoms with Crippen molar-refractivity contribution in [2.75, 3.05) is 5.32 Å². The van der Waals surface area contributed by atoms with Gasteiger partial charge in [-0.05, 0) is 59.1 Å². The minimum absolute atomic E-state index is 0.202. The summed E-state index contributed by atoms with van der Waals surface area (Å²) in [4.78, 5) is 12.6. The molecule has 0 bridgehead atoms. The lowest BCUT2D eigenvalue weighted by atomic mass is 10.1. The second kappa shape index (κ2) is 9.58. The number of benzene rings is 2. The SMILES string of the molecule is Cc1ccc(OCn2ccc(C(=O)Nc3nn(Cc4ccccc4Cl)cc3Br)n2)c(C)c1. The number of nitrogens with one attached hydrogen (secondary N) is 1. The van der Waals surface area contributed by atoms with Crippen molar-refractivity contribution in [3.05, 3.63) is 92.8 Å². The van der Waals surface area contributed by atoms with E-state index in [9.17, 15) is 4.79 Å². The minimum atomic E-state index is -0.362. The Labute approximate surface area is 199 Å². The van der Waals surface area contributed by atoms with Gasteiger partial charge in [-0.25, -0.2) is 4.68 Å². The topological polar surface area (TPSA) is 74.0 Å². The molecule has 32 heavy (non-hydrogen) atoms. The van der Waals surface area contributed by atoms with Gasteiger partial charge in [0.25, 0.3) is 5.91 Å². The van der Waals surface area contributed by atoms with E-state index in [2.05, 4.69) is 37.5 Å². The van der Waals surface area contributed by atoms with Crippen molar-refractivity contribution in [1.82, 2.24) is 19.6 Å². The molecule has 2 heterocycles. The van der Waals surface area contributed by atoms with Crippen LogP contribution in [0.5, 0.6) is 5.75 Å². The lowest BCUT2D eigenvalue weighted by Crippen LogP contribution is -2.15.